The zero-order chi connectivity index (χ0) is 23.9. The van der Waals surface area contributed by atoms with Crippen LogP contribution in [0.2, 0.25) is 5.02 Å². The fourth-order valence-electron chi connectivity index (χ4n) is 3.96. The lowest BCUT2D eigenvalue weighted by molar-refractivity contribution is -0.121. The Bertz CT molecular complexity index is 1210. The Morgan fingerprint density at radius 1 is 1.15 bits per heavy atom. The topological polar surface area (TPSA) is 106 Å². The highest BCUT2D eigenvalue weighted by Gasteiger charge is 2.18. The van der Waals surface area contributed by atoms with Crippen molar-refractivity contribution < 1.29 is 14.3 Å². The number of benzene rings is 2. The number of rotatable bonds is 9. The molecule has 34 heavy (non-hydrogen) atoms. The predicted molar refractivity (Wildman–Crippen MR) is 129 cm³/mol. The molecule has 1 heterocycles. The largest absolute Gasteiger partial charge is 0.493 e. The molecular formula is C25H27ClN4O4. The second kappa shape index (κ2) is 11.2. The summed E-state index contributed by atoms with van der Waals surface area (Å²) >= 11 is 6.19. The molecule has 1 saturated carbocycles. The van der Waals surface area contributed by atoms with E-state index in [1.54, 1.807) is 24.3 Å². The Balaban J connectivity index is 1.41. The summed E-state index contributed by atoms with van der Waals surface area (Å²) in [5, 5.41) is 11.9. The third kappa shape index (κ3) is 5.94. The van der Waals surface area contributed by atoms with Gasteiger partial charge in [-0.25, -0.2) is 0 Å². The average molecular weight is 483 g/mol. The van der Waals surface area contributed by atoms with E-state index in [0.29, 0.717) is 27.9 Å². The van der Waals surface area contributed by atoms with E-state index in [1.165, 1.54) is 7.11 Å². The first-order valence-electron chi connectivity index (χ1n) is 11.3. The first-order chi connectivity index (χ1) is 16.5. The van der Waals surface area contributed by atoms with Crippen LogP contribution in [0.3, 0.4) is 0 Å². The molecule has 2 aromatic carbocycles. The zero-order valence-electron chi connectivity index (χ0n) is 19.0. The van der Waals surface area contributed by atoms with E-state index in [9.17, 15) is 9.59 Å². The van der Waals surface area contributed by atoms with Crippen molar-refractivity contribution in [1.82, 2.24) is 20.5 Å². The summed E-state index contributed by atoms with van der Waals surface area (Å²) in [4.78, 5) is 27.4. The number of aromatic amines is 1. The van der Waals surface area contributed by atoms with E-state index in [4.69, 9.17) is 21.1 Å². The van der Waals surface area contributed by atoms with Gasteiger partial charge in [-0.1, -0.05) is 42.6 Å². The highest BCUT2D eigenvalue weighted by Crippen LogP contribution is 2.32. The molecule has 1 aliphatic carbocycles. The summed E-state index contributed by atoms with van der Waals surface area (Å²) in [5.41, 5.74) is 1.35. The van der Waals surface area contributed by atoms with Gasteiger partial charge in [0.15, 0.2) is 17.3 Å². The van der Waals surface area contributed by atoms with Crippen molar-refractivity contribution in [2.45, 2.75) is 51.2 Å². The quantitative estimate of drug-likeness (QED) is 0.476. The van der Waals surface area contributed by atoms with Crippen molar-refractivity contribution in [3.05, 3.63) is 69.1 Å². The Hall–Kier alpha value is -3.39. The SMILES string of the molecule is COc1cc(-c2nnc(CCC(=O)NC3CCCC3)c(=O)[nH]2)ccc1OCc1ccccc1Cl. The van der Waals surface area contributed by atoms with Gasteiger partial charge in [0.25, 0.3) is 5.56 Å². The lowest BCUT2D eigenvalue weighted by atomic mass is 10.1. The van der Waals surface area contributed by atoms with E-state index >= 15 is 0 Å². The number of ether oxygens (including phenoxy) is 2. The standard InChI is InChI=1S/C25H27ClN4O4/c1-33-22-14-16(10-12-21(22)34-15-17-6-2-5-9-19(17)26)24-28-25(32)20(29-30-24)11-13-23(31)27-18-7-3-4-8-18/h2,5-6,9-10,12,14,18H,3-4,7-8,11,13,15H2,1H3,(H,27,31)(H,28,30,32). The molecule has 0 atom stereocenters. The number of carbonyl (C=O) groups excluding carboxylic acids is 1. The minimum absolute atomic E-state index is 0.0608. The molecule has 1 amide bonds. The van der Waals surface area contributed by atoms with Gasteiger partial charge in [0.2, 0.25) is 5.91 Å². The normalized spacial score (nSPS) is 13.6. The van der Waals surface area contributed by atoms with Crippen molar-refractivity contribution in [2.75, 3.05) is 7.11 Å². The van der Waals surface area contributed by atoms with Gasteiger partial charge >= 0.3 is 0 Å². The van der Waals surface area contributed by atoms with Crippen LogP contribution in [0, 0.1) is 0 Å². The van der Waals surface area contributed by atoms with Crippen LogP contribution in [0.1, 0.15) is 43.4 Å². The minimum Gasteiger partial charge on any atom is -0.493 e. The van der Waals surface area contributed by atoms with Gasteiger partial charge in [-0.2, -0.15) is 0 Å². The van der Waals surface area contributed by atoms with Crippen LogP contribution in [0.25, 0.3) is 11.4 Å². The number of nitrogens with zero attached hydrogens (tertiary/aromatic N) is 2. The molecular weight excluding hydrogens is 456 g/mol. The monoisotopic (exact) mass is 482 g/mol. The van der Waals surface area contributed by atoms with E-state index in [1.807, 2.05) is 18.2 Å². The summed E-state index contributed by atoms with van der Waals surface area (Å²) in [6.45, 7) is 0.287. The van der Waals surface area contributed by atoms with Crippen LogP contribution in [-0.2, 0) is 17.8 Å². The van der Waals surface area contributed by atoms with E-state index < -0.39 is 0 Å². The van der Waals surface area contributed by atoms with E-state index in [2.05, 4.69) is 20.5 Å². The number of hydrogen-bond acceptors (Lipinski definition) is 6. The number of carbonyl (C=O) groups is 1. The number of amides is 1. The summed E-state index contributed by atoms with van der Waals surface area (Å²) in [6, 6.07) is 12.9. The Morgan fingerprint density at radius 2 is 1.94 bits per heavy atom. The van der Waals surface area contributed by atoms with E-state index in [0.717, 1.165) is 31.2 Å². The summed E-state index contributed by atoms with van der Waals surface area (Å²) < 4.78 is 11.3. The molecule has 0 unspecified atom stereocenters. The lowest BCUT2D eigenvalue weighted by Gasteiger charge is -2.13. The summed E-state index contributed by atoms with van der Waals surface area (Å²) in [7, 11) is 1.54. The van der Waals surface area contributed by atoms with Gasteiger partial charge in [0.05, 0.1) is 7.11 Å². The molecule has 2 N–H and O–H groups in total. The van der Waals surface area contributed by atoms with Gasteiger partial charge in [-0.3, -0.25) is 9.59 Å². The van der Waals surface area contributed by atoms with Crippen LogP contribution in [0.4, 0.5) is 0 Å². The van der Waals surface area contributed by atoms with Gasteiger partial charge in [0, 0.05) is 35.0 Å². The number of halogens is 1. The zero-order valence-corrected chi connectivity index (χ0v) is 19.7. The number of hydrogen-bond donors (Lipinski definition) is 2. The third-order valence-corrected chi connectivity index (χ3v) is 6.22. The number of aromatic nitrogens is 3. The van der Waals surface area contributed by atoms with E-state index in [-0.39, 0.29) is 42.7 Å². The first-order valence-corrected chi connectivity index (χ1v) is 11.7. The van der Waals surface area contributed by atoms with Crippen molar-refractivity contribution in [1.29, 1.82) is 0 Å². The molecule has 4 rings (SSSR count). The lowest BCUT2D eigenvalue weighted by Crippen LogP contribution is -2.33. The fraction of sp³-hybridized carbons (Fsp3) is 0.360. The maximum Gasteiger partial charge on any atom is 0.273 e. The molecule has 178 valence electrons. The maximum atomic E-state index is 12.5. The Labute approximate surface area is 202 Å². The highest BCUT2D eigenvalue weighted by molar-refractivity contribution is 6.31. The van der Waals surface area contributed by atoms with Gasteiger partial charge in [-0.15, -0.1) is 10.2 Å². The van der Waals surface area contributed by atoms with Crippen LogP contribution in [-0.4, -0.2) is 34.2 Å². The number of methoxy groups -OCH3 is 1. The smallest absolute Gasteiger partial charge is 0.273 e. The van der Waals surface area contributed by atoms with Crippen molar-refractivity contribution >= 4 is 17.5 Å². The second-order valence-corrected chi connectivity index (χ2v) is 8.65. The molecule has 1 fully saturated rings. The van der Waals surface area contributed by atoms with Crippen LogP contribution in [0.15, 0.2) is 47.3 Å². The molecule has 1 aromatic heterocycles. The predicted octanol–water partition coefficient (Wildman–Crippen LogP) is 4.06. The van der Waals surface area contributed by atoms with Crippen LogP contribution >= 0.6 is 11.6 Å². The van der Waals surface area contributed by atoms with Gasteiger partial charge in [0.1, 0.15) is 12.3 Å². The molecule has 9 heteroatoms. The van der Waals surface area contributed by atoms with Gasteiger partial charge in [-0.05, 0) is 37.1 Å². The number of aryl methyl sites for hydroxylation is 1. The Kier molecular flexibility index (Phi) is 7.80. The molecule has 0 radical (unpaired) electrons. The average Bonchev–Trinajstić information content (AvgIpc) is 3.35. The van der Waals surface area contributed by atoms with Crippen LogP contribution in [0.5, 0.6) is 11.5 Å². The molecule has 0 bridgehead atoms. The third-order valence-electron chi connectivity index (χ3n) is 5.85. The molecule has 0 spiro atoms. The van der Waals surface area contributed by atoms with Crippen LogP contribution < -0.4 is 20.3 Å². The number of H-pyrrole nitrogens is 1. The highest BCUT2D eigenvalue weighted by atomic mass is 35.5. The van der Waals surface area contributed by atoms with Crippen molar-refractivity contribution in [3.8, 4) is 22.9 Å². The summed E-state index contributed by atoms with van der Waals surface area (Å²) in [5.74, 6) is 1.26. The molecule has 8 nitrogen and oxygen atoms in total. The minimum atomic E-state index is -0.364. The van der Waals surface area contributed by atoms with Crippen molar-refractivity contribution in [3.63, 3.8) is 0 Å². The first kappa shape index (κ1) is 23.8. The van der Waals surface area contributed by atoms with Gasteiger partial charge < -0.3 is 19.8 Å². The van der Waals surface area contributed by atoms with Crippen molar-refractivity contribution in [2.24, 2.45) is 0 Å². The molecule has 1 aliphatic rings. The molecule has 0 saturated heterocycles. The maximum absolute atomic E-state index is 12.5. The molecule has 0 aliphatic heterocycles. The fourth-order valence-corrected chi connectivity index (χ4v) is 4.15. The Morgan fingerprint density at radius 3 is 2.68 bits per heavy atom. The molecule has 3 aromatic rings. The summed E-state index contributed by atoms with van der Waals surface area (Å²) in [6.07, 6.45) is 4.79. The second-order valence-electron chi connectivity index (χ2n) is 8.24. The number of nitrogens with one attached hydrogen (secondary N) is 2.